The summed E-state index contributed by atoms with van der Waals surface area (Å²) in [5, 5.41) is 1.51. The summed E-state index contributed by atoms with van der Waals surface area (Å²) in [6.45, 7) is 4.49. The molecule has 1 saturated heterocycles. The number of hydrogen-bond donors (Lipinski definition) is 2. The van der Waals surface area contributed by atoms with Crippen molar-refractivity contribution >= 4 is 33.6 Å². The minimum atomic E-state index is -0.679. The van der Waals surface area contributed by atoms with E-state index in [0.29, 0.717) is 36.0 Å². The quantitative estimate of drug-likeness (QED) is 0.711. The van der Waals surface area contributed by atoms with Gasteiger partial charge in [-0.25, -0.2) is 4.39 Å². The first-order valence-corrected chi connectivity index (χ1v) is 8.45. The molecule has 2 aromatic carbocycles. The maximum Gasteiger partial charge on any atom is 0.250 e. The van der Waals surface area contributed by atoms with Gasteiger partial charge in [0, 0.05) is 40.9 Å². The number of aromatic amines is 1. The molecule has 1 aliphatic heterocycles. The molecule has 1 aromatic heterocycles. The molecule has 0 saturated carbocycles. The smallest absolute Gasteiger partial charge is 0.250 e. The van der Waals surface area contributed by atoms with Gasteiger partial charge in [-0.3, -0.25) is 9.59 Å². The average molecular weight is 351 g/mol. The lowest BCUT2D eigenvalue weighted by Gasteiger charge is -2.17. The molecule has 3 aromatic rings. The molecule has 0 bridgehead atoms. The van der Waals surface area contributed by atoms with E-state index in [1.54, 1.807) is 4.90 Å². The summed E-state index contributed by atoms with van der Waals surface area (Å²) in [7, 11) is 0. The van der Waals surface area contributed by atoms with Crippen molar-refractivity contribution < 1.29 is 14.0 Å². The van der Waals surface area contributed by atoms with E-state index in [1.165, 1.54) is 12.1 Å². The van der Waals surface area contributed by atoms with Crippen LogP contribution >= 0.6 is 0 Å². The minimum absolute atomic E-state index is 0.134. The van der Waals surface area contributed by atoms with Gasteiger partial charge in [-0.1, -0.05) is 24.8 Å². The zero-order chi connectivity index (χ0) is 18.4. The molecule has 0 radical (unpaired) electrons. The number of halogens is 1. The van der Waals surface area contributed by atoms with E-state index < -0.39 is 11.7 Å². The monoisotopic (exact) mass is 351 g/mol. The Balaban J connectivity index is 1.96. The summed E-state index contributed by atoms with van der Waals surface area (Å²) < 4.78 is 15.1. The Kier molecular flexibility index (Phi) is 3.76. The van der Waals surface area contributed by atoms with E-state index in [2.05, 4.69) is 11.6 Å². The zero-order valence-electron chi connectivity index (χ0n) is 14.1. The fourth-order valence-corrected chi connectivity index (χ4v) is 3.94. The number of primary amides is 1. The Hall–Kier alpha value is -3.15. The molecule has 2 heterocycles. The number of amides is 2. The van der Waals surface area contributed by atoms with Crippen LogP contribution < -0.4 is 5.73 Å². The lowest BCUT2D eigenvalue weighted by Crippen LogP contribution is -2.26. The molecule has 26 heavy (non-hydrogen) atoms. The number of nitrogens with one attached hydrogen (secondary N) is 1. The molecule has 0 spiro atoms. The van der Waals surface area contributed by atoms with Crippen LogP contribution in [0.25, 0.3) is 21.8 Å². The van der Waals surface area contributed by atoms with E-state index in [-0.39, 0.29) is 17.4 Å². The first-order chi connectivity index (χ1) is 12.5. The Bertz CT molecular complexity index is 1070. The van der Waals surface area contributed by atoms with Crippen LogP contribution in [0.2, 0.25) is 0 Å². The number of hydrogen-bond acceptors (Lipinski definition) is 2. The van der Waals surface area contributed by atoms with Crippen LogP contribution in [-0.4, -0.2) is 34.8 Å². The Labute approximate surface area is 149 Å². The number of nitrogens with zero attached hydrogens (tertiary/aromatic N) is 1. The topological polar surface area (TPSA) is 79.2 Å². The number of para-hydroxylation sites is 1. The Morgan fingerprint density at radius 1 is 1.35 bits per heavy atom. The second-order valence-electron chi connectivity index (χ2n) is 6.58. The van der Waals surface area contributed by atoms with E-state index in [4.69, 9.17) is 5.73 Å². The molecule has 1 aliphatic rings. The van der Waals surface area contributed by atoms with Gasteiger partial charge in [0.2, 0.25) is 5.91 Å². The number of fused-ring (bicyclic) bond motifs is 3. The van der Waals surface area contributed by atoms with Crippen molar-refractivity contribution in [2.45, 2.75) is 12.3 Å². The SMILES string of the molecule is C=CC(=O)N1CC[C@@H](c2c(F)cc(C(N)=O)c3[nH]c4ccccc4c23)C1. The predicted octanol–water partition coefficient (Wildman–Crippen LogP) is 3.06. The molecular weight excluding hydrogens is 333 g/mol. The third-order valence-corrected chi connectivity index (χ3v) is 5.12. The number of rotatable bonds is 3. The summed E-state index contributed by atoms with van der Waals surface area (Å²) in [6.07, 6.45) is 1.93. The summed E-state index contributed by atoms with van der Waals surface area (Å²) in [6, 6.07) is 8.72. The summed E-state index contributed by atoms with van der Waals surface area (Å²) >= 11 is 0. The lowest BCUT2D eigenvalue weighted by molar-refractivity contribution is -0.125. The maximum absolute atomic E-state index is 15.1. The number of H-pyrrole nitrogens is 1. The first-order valence-electron chi connectivity index (χ1n) is 8.45. The highest BCUT2D eigenvalue weighted by Gasteiger charge is 2.31. The summed E-state index contributed by atoms with van der Waals surface area (Å²) in [4.78, 5) is 28.6. The fourth-order valence-electron chi connectivity index (χ4n) is 3.94. The van der Waals surface area contributed by atoms with E-state index in [9.17, 15) is 9.59 Å². The molecule has 4 rings (SSSR count). The van der Waals surface area contributed by atoms with Crippen LogP contribution in [0.4, 0.5) is 4.39 Å². The molecule has 5 nitrogen and oxygen atoms in total. The lowest BCUT2D eigenvalue weighted by atomic mass is 9.91. The van der Waals surface area contributed by atoms with E-state index in [1.807, 2.05) is 24.3 Å². The molecule has 0 unspecified atom stereocenters. The number of carbonyl (C=O) groups is 2. The largest absolute Gasteiger partial charge is 0.366 e. The van der Waals surface area contributed by atoms with Crippen molar-refractivity contribution in [2.24, 2.45) is 5.73 Å². The number of carbonyl (C=O) groups excluding carboxylic acids is 2. The number of aromatic nitrogens is 1. The van der Waals surface area contributed by atoms with Crippen molar-refractivity contribution in [3.05, 3.63) is 59.9 Å². The van der Waals surface area contributed by atoms with Gasteiger partial charge in [0.25, 0.3) is 5.91 Å². The van der Waals surface area contributed by atoms with Crippen LogP contribution in [0.3, 0.4) is 0 Å². The first kappa shape index (κ1) is 16.3. The molecule has 1 fully saturated rings. The molecule has 6 heteroatoms. The summed E-state index contributed by atoms with van der Waals surface area (Å²) in [5.74, 6) is -1.45. The third-order valence-electron chi connectivity index (χ3n) is 5.12. The molecule has 1 atom stereocenters. The van der Waals surface area contributed by atoms with Crippen LogP contribution in [-0.2, 0) is 4.79 Å². The van der Waals surface area contributed by atoms with Crippen LogP contribution in [0, 0.1) is 5.82 Å². The van der Waals surface area contributed by atoms with Crippen molar-refractivity contribution in [1.29, 1.82) is 0 Å². The van der Waals surface area contributed by atoms with Crippen molar-refractivity contribution in [3.8, 4) is 0 Å². The van der Waals surface area contributed by atoms with Gasteiger partial charge in [-0.15, -0.1) is 0 Å². The minimum Gasteiger partial charge on any atom is -0.366 e. The van der Waals surface area contributed by atoms with Crippen LogP contribution in [0.15, 0.2) is 43.0 Å². The standard InChI is InChI=1S/C20H18FN3O2/c1-2-16(25)24-8-7-11(10-24)17-14(21)9-13(20(22)26)19-18(17)12-5-3-4-6-15(12)23-19/h2-6,9,11,23H,1,7-8,10H2,(H2,22,26)/t11-/m1/s1. The van der Waals surface area contributed by atoms with Crippen LogP contribution in [0.5, 0.6) is 0 Å². The number of benzene rings is 2. The maximum atomic E-state index is 15.1. The zero-order valence-corrected chi connectivity index (χ0v) is 14.1. The highest BCUT2D eigenvalue weighted by atomic mass is 19.1. The van der Waals surface area contributed by atoms with Gasteiger partial charge in [0.05, 0.1) is 11.1 Å². The highest BCUT2D eigenvalue weighted by molar-refractivity contribution is 6.16. The second kappa shape index (κ2) is 5.98. The van der Waals surface area contributed by atoms with Gasteiger partial charge in [0.1, 0.15) is 5.82 Å². The molecule has 0 aliphatic carbocycles. The summed E-state index contributed by atoms with van der Waals surface area (Å²) in [5.41, 5.74) is 7.49. The van der Waals surface area contributed by atoms with Gasteiger partial charge in [-0.05, 0) is 24.6 Å². The number of likely N-dealkylation sites (tertiary alicyclic amines) is 1. The molecule has 2 amide bonds. The number of nitrogens with two attached hydrogens (primary N) is 1. The van der Waals surface area contributed by atoms with Gasteiger partial charge < -0.3 is 15.6 Å². The molecule has 3 N–H and O–H groups in total. The van der Waals surface area contributed by atoms with E-state index in [0.717, 1.165) is 10.9 Å². The Morgan fingerprint density at radius 3 is 2.85 bits per heavy atom. The van der Waals surface area contributed by atoms with Crippen molar-refractivity contribution in [2.75, 3.05) is 13.1 Å². The molecular formula is C20H18FN3O2. The van der Waals surface area contributed by atoms with Gasteiger partial charge in [0.15, 0.2) is 0 Å². The normalized spacial score (nSPS) is 17.1. The van der Waals surface area contributed by atoms with Crippen molar-refractivity contribution in [1.82, 2.24) is 9.88 Å². The highest BCUT2D eigenvalue weighted by Crippen LogP contribution is 2.39. The second-order valence-corrected chi connectivity index (χ2v) is 6.58. The van der Waals surface area contributed by atoms with Crippen molar-refractivity contribution in [3.63, 3.8) is 0 Å². The predicted molar refractivity (Wildman–Crippen MR) is 98.4 cm³/mol. The van der Waals surface area contributed by atoms with E-state index >= 15 is 4.39 Å². The van der Waals surface area contributed by atoms with Gasteiger partial charge >= 0.3 is 0 Å². The Morgan fingerprint density at radius 2 is 2.12 bits per heavy atom. The van der Waals surface area contributed by atoms with Crippen LogP contribution in [0.1, 0.15) is 28.3 Å². The average Bonchev–Trinajstić information content (AvgIpc) is 3.25. The fraction of sp³-hybridized carbons (Fsp3) is 0.200. The van der Waals surface area contributed by atoms with Gasteiger partial charge in [-0.2, -0.15) is 0 Å². The third kappa shape index (κ3) is 2.37. The molecule has 132 valence electrons.